The van der Waals surface area contributed by atoms with E-state index in [1.807, 2.05) is 0 Å². The molecule has 0 saturated heterocycles. The zero-order chi connectivity index (χ0) is 17.9. The van der Waals surface area contributed by atoms with Gasteiger partial charge in [-0.05, 0) is 31.1 Å². The van der Waals surface area contributed by atoms with Gasteiger partial charge in [0.1, 0.15) is 6.61 Å². The molecule has 9 heteroatoms. The van der Waals surface area contributed by atoms with E-state index in [-0.39, 0.29) is 36.0 Å². The lowest BCUT2D eigenvalue weighted by Crippen LogP contribution is -2.43. The minimum atomic E-state index is -4.26. The van der Waals surface area contributed by atoms with Gasteiger partial charge in [-0.3, -0.25) is 4.99 Å². The molecule has 2 N–H and O–H groups in total. The maximum atomic E-state index is 11.9. The third kappa shape index (κ3) is 11.1. The third-order valence-corrected chi connectivity index (χ3v) is 4.38. The largest absolute Gasteiger partial charge is 0.411 e. The molecular weight excluding hydrogens is 450 g/mol. The van der Waals surface area contributed by atoms with Crippen LogP contribution in [0.1, 0.15) is 38.5 Å². The third-order valence-electron chi connectivity index (χ3n) is 4.38. The van der Waals surface area contributed by atoms with Crippen molar-refractivity contribution in [2.45, 2.75) is 44.7 Å². The molecule has 5 nitrogen and oxygen atoms in total. The summed E-state index contributed by atoms with van der Waals surface area (Å²) >= 11 is 0. The fourth-order valence-electron chi connectivity index (χ4n) is 3.02. The number of halogens is 4. The van der Waals surface area contributed by atoms with Crippen molar-refractivity contribution < 1.29 is 22.6 Å². The van der Waals surface area contributed by atoms with Crippen LogP contribution in [-0.2, 0) is 9.47 Å². The smallest absolute Gasteiger partial charge is 0.385 e. The molecule has 25 heavy (non-hydrogen) atoms. The summed E-state index contributed by atoms with van der Waals surface area (Å²) in [5, 5.41) is 6.45. The predicted molar refractivity (Wildman–Crippen MR) is 104 cm³/mol. The van der Waals surface area contributed by atoms with Crippen LogP contribution in [0.25, 0.3) is 0 Å². The molecule has 1 saturated carbocycles. The zero-order valence-corrected chi connectivity index (χ0v) is 17.4. The van der Waals surface area contributed by atoms with Crippen LogP contribution < -0.4 is 10.6 Å². The van der Waals surface area contributed by atoms with Gasteiger partial charge in [0.05, 0.1) is 0 Å². The Hall–Kier alpha value is -0.290. The van der Waals surface area contributed by atoms with Gasteiger partial charge < -0.3 is 20.1 Å². The number of hydrogen-bond acceptors (Lipinski definition) is 3. The molecule has 1 rings (SSSR count). The van der Waals surface area contributed by atoms with Gasteiger partial charge in [0.2, 0.25) is 0 Å². The maximum Gasteiger partial charge on any atom is 0.411 e. The molecule has 1 aliphatic carbocycles. The van der Waals surface area contributed by atoms with E-state index in [0.717, 1.165) is 19.6 Å². The molecule has 0 spiro atoms. The van der Waals surface area contributed by atoms with Gasteiger partial charge in [0, 0.05) is 40.5 Å². The Morgan fingerprint density at radius 3 is 2.40 bits per heavy atom. The normalized spacial score (nSPS) is 17.2. The number of ether oxygens (including phenoxy) is 2. The summed E-state index contributed by atoms with van der Waals surface area (Å²) in [6.07, 6.45) is 2.12. The molecule has 0 aromatic rings. The van der Waals surface area contributed by atoms with Crippen LogP contribution in [0.2, 0.25) is 0 Å². The van der Waals surface area contributed by atoms with Crippen LogP contribution in [-0.4, -0.2) is 59.2 Å². The number of methoxy groups -OCH3 is 1. The first-order valence-electron chi connectivity index (χ1n) is 8.49. The summed E-state index contributed by atoms with van der Waals surface area (Å²) in [6, 6.07) is 0. The Balaban J connectivity index is 0.00000576. The first-order valence-corrected chi connectivity index (χ1v) is 8.49. The van der Waals surface area contributed by atoms with Crippen LogP contribution in [0.15, 0.2) is 4.99 Å². The van der Waals surface area contributed by atoms with E-state index in [1.54, 1.807) is 14.2 Å². The molecule has 1 fully saturated rings. The molecule has 1 aliphatic rings. The van der Waals surface area contributed by atoms with Crippen molar-refractivity contribution >= 4 is 29.9 Å². The first-order chi connectivity index (χ1) is 11.4. The van der Waals surface area contributed by atoms with Crippen LogP contribution in [0.4, 0.5) is 13.2 Å². The number of rotatable bonds is 10. The minimum Gasteiger partial charge on any atom is -0.385 e. The lowest BCUT2D eigenvalue weighted by atomic mass is 9.83. The second kappa shape index (κ2) is 13.0. The molecule has 150 valence electrons. The van der Waals surface area contributed by atoms with Gasteiger partial charge >= 0.3 is 6.18 Å². The summed E-state index contributed by atoms with van der Waals surface area (Å²) in [7, 11) is 3.41. The van der Waals surface area contributed by atoms with Crippen molar-refractivity contribution in [1.29, 1.82) is 0 Å². The van der Waals surface area contributed by atoms with Crippen molar-refractivity contribution in [3.05, 3.63) is 0 Å². The number of nitrogens with one attached hydrogen (secondary N) is 2. The zero-order valence-electron chi connectivity index (χ0n) is 15.1. The van der Waals surface area contributed by atoms with Gasteiger partial charge in [-0.15, -0.1) is 24.0 Å². The summed E-state index contributed by atoms with van der Waals surface area (Å²) in [5.41, 5.74) is 0.253. The fourth-order valence-corrected chi connectivity index (χ4v) is 3.02. The average Bonchev–Trinajstić information content (AvgIpc) is 3.00. The molecule has 0 unspecified atom stereocenters. The van der Waals surface area contributed by atoms with Crippen molar-refractivity contribution in [2.75, 3.05) is 47.1 Å². The Morgan fingerprint density at radius 2 is 1.84 bits per heavy atom. The Bertz CT molecular complexity index is 376. The lowest BCUT2D eigenvalue weighted by Gasteiger charge is -2.30. The number of hydrogen-bond donors (Lipinski definition) is 2. The van der Waals surface area contributed by atoms with E-state index in [9.17, 15) is 13.2 Å². The Morgan fingerprint density at radius 1 is 1.16 bits per heavy atom. The van der Waals surface area contributed by atoms with Crippen LogP contribution in [0.5, 0.6) is 0 Å². The van der Waals surface area contributed by atoms with Gasteiger partial charge in [-0.2, -0.15) is 13.2 Å². The van der Waals surface area contributed by atoms with Gasteiger partial charge in [-0.1, -0.05) is 12.8 Å². The van der Waals surface area contributed by atoms with Gasteiger partial charge in [0.15, 0.2) is 5.96 Å². The topological polar surface area (TPSA) is 54.9 Å². The molecule has 0 radical (unpaired) electrons. The Labute approximate surface area is 165 Å². The number of nitrogens with zero attached hydrogens (tertiary/aromatic N) is 1. The summed E-state index contributed by atoms with van der Waals surface area (Å²) in [6.45, 7) is 0.983. The summed E-state index contributed by atoms with van der Waals surface area (Å²) < 4.78 is 45.6. The van der Waals surface area contributed by atoms with Crippen LogP contribution in [0, 0.1) is 5.41 Å². The van der Waals surface area contributed by atoms with Crippen LogP contribution in [0.3, 0.4) is 0 Å². The van der Waals surface area contributed by atoms with E-state index in [2.05, 4.69) is 20.4 Å². The lowest BCUT2D eigenvalue weighted by molar-refractivity contribution is -0.173. The summed E-state index contributed by atoms with van der Waals surface area (Å²) in [5.74, 6) is 0.675. The standard InChI is InChI=1S/C16H30F3N3O2.HI/c1-20-14(21-9-5-10-24-13-16(17,18)19)22-12-15(8-11-23-2)6-3-4-7-15;/h3-13H2,1-2H3,(H2,20,21,22);1H. The molecule has 0 amide bonds. The molecule has 0 heterocycles. The highest BCUT2D eigenvalue weighted by Crippen LogP contribution is 2.40. The fraction of sp³-hybridized carbons (Fsp3) is 0.938. The van der Waals surface area contributed by atoms with Crippen LogP contribution >= 0.6 is 24.0 Å². The molecule has 0 aromatic carbocycles. The number of aliphatic imine (C=N–C) groups is 1. The van der Waals surface area contributed by atoms with Crippen molar-refractivity contribution in [3.63, 3.8) is 0 Å². The molecule has 0 atom stereocenters. The van der Waals surface area contributed by atoms with Crippen molar-refractivity contribution in [1.82, 2.24) is 10.6 Å². The molecule has 0 aromatic heterocycles. The van der Waals surface area contributed by atoms with E-state index >= 15 is 0 Å². The van der Waals surface area contributed by atoms with E-state index < -0.39 is 12.8 Å². The number of alkyl halides is 3. The van der Waals surface area contributed by atoms with Crippen molar-refractivity contribution in [2.24, 2.45) is 10.4 Å². The van der Waals surface area contributed by atoms with Gasteiger partial charge in [0.25, 0.3) is 0 Å². The predicted octanol–water partition coefficient (Wildman–Crippen LogP) is 3.34. The number of guanidine groups is 1. The second-order valence-corrected chi connectivity index (χ2v) is 6.32. The molecule has 0 bridgehead atoms. The quantitative estimate of drug-likeness (QED) is 0.218. The SMILES string of the molecule is CN=C(NCCCOCC(F)(F)F)NCC1(CCOC)CCCC1.I. The van der Waals surface area contributed by atoms with E-state index in [0.29, 0.717) is 18.9 Å². The minimum absolute atomic E-state index is 0. The summed E-state index contributed by atoms with van der Waals surface area (Å²) in [4.78, 5) is 4.16. The Kier molecular flexibility index (Phi) is 12.8. The average molecular weight is 481 g/mol. The molecule has 0 aliphatic heterocycles. The first kappa shape index (κ1) is 24.7. The highest BCUT2D eigenvalue weighted by Gasteiger charge is 2.33. The van der Waals surface area contributed by atoms with E-state index in [1.165, 1.54) is 25.7 Å². The van der Waals surface area contributed by atoms with E-state index in [4.69, 9.17) is 4.74 Å². The molecular formula is C16H31F3IN3O2. The van der Waals surface area contributed by atoms with Crippen molar-refractivity contribution in [3.8, 4) is 0 Å². The highest BCUT2D eigenvalue weighted by molar-refractivity contribution is 14.0. The monoisotopic (exact) mass is 481 g/mol. The highest BCUT2D eigenvalue weighted by atomic mass is 127. The maximum absolute atomic E-state index is 11.9. The second-order valence-electron chi connectivity index (χ2n) is 6.32. The van der Waals surface area contributed by atoms with Gasteiger partial charge in [-0.25, -0.2) is 0 Å².